The van der Waals surface area contributed by atoms with Crippen molar-refractivity contribution in [2.24, 2.45) is 0 Å². The molecule has 3 rings (SSSR count). The standard InChI is InChI=1S/C16H16N4O3S/c1-24(22,23)16-18-14-10-20(7-6-13(14)15(21)19-16)9-12-5-3-2-4-11(12)8-17/h2-5H,6-7,9-10H2,1H3,(H,18,19,21). The van der Waals surface area contributed by atoms with E-state index >= 15 is 0 Å². The fraction of sp³-hybridized carbons (Fsp3) is 0.312. The van der Waals surface area contributed by atoms with Crippen molar-refractivity contribution in [2.45, 2.75) is 24.7 Å². The molecule has 1 N–H and O–H groups in total. The molecule has 8 heteroatoms. The summed E-state index contributed by atoms with van der Waals surface area (Å²) < 4.78 is 23.3. The summed E-state index contributed by atoms with van der Waals surface area (Å²) in [5.41, 5.74) is 2.14. The highest BCUT2D eigenvalue weighted by Crippen LogP contribution is 2.18. The average Bonchev–Trinajstić information content (AvgIpc) is 2.54. The van der Waals surface area contributed by atoms with Gasteiger partial charge in [-0.15, -0.1) is 0 Å². The van der Waals surface area contributed by atoms with Crippen LogP contribution in [0.5, 0.6) is 0 Å². The van der Waals surface area contributed by atoms with E-state index in [0.717, 1.165) is 11.8 Å². The van der Waals surface area contributed by atoms with Crippen molar-refractivity contribution >= 4 is 9.84 Å². The Morgan fingerprint density at radius 3 is 2.83 bits per heavy atom. The Morgan fingerprint density at radius 2 is 2.12 bits per heavy atom. The third kappa shape index (κ3) is 3.22. The van der Waals surface area contributed by atoms with Crippen LogP contribution in [-0.2, 0) is 29.3 Å². The SMILES string of the molecule is CS(=O)(=O)c1nc2c(c(=O)[nH]1)CCN(Cc1ccccc1C#N)C2. The number of aromatic amines is 1. The molecule has 24 heavy (non-hydrogen) atoms. The topological polar surface area (TPSA) is 107 Å². The fourth-order valence-electron chi connectivity index (χ4n) is 2.79. The summed E-state index contributed by atoms with van der Waals surface area (Å²) in [5, 5.41) is 8.87. The van der Waals surface area contributed by atoms with E-state index in [1.807, 2.05) is 18.2 Å². The molecular formula is C16H16N4O3S. The zero-order chi connectivity index (χ0) is 17.3. The van der Waals surface area contributed by atoms with Gasteiger partial charge in [-0.25, -0.2) is 13.4 Å². The Balaban J connectivity index is 1.90. The van der Waals surface area contributed by atoms with Gasteiger partial charge >= 0.3 is 0 Å². The van der Waals surface area contributed by atoms with Crippen molar-refractivity contribution in [3.05, 3.63) is 57.0 Å². The van der Waals surface area contributed by atoms with Gasteiger partial charge < -0.3 is 0 Å². The smallest absolute Gasteiger partial charge is 0.255 e. The van der Waals surface area contributed by atoms with Crippen LogP contribution in [0.15, 0.2) is 34.2 Å². The van der Waals surface area contributed by atoms with Gasteiger partial charge in [0.1, 0.15) is 0 Å². The predicted molar refractivity (Wildman–Crippen MR) is 86.9 cm³/mol. The Kier molecular flexibility index (Phi) is 4.22. The Labute approximate surface area is 139 Å². The van der Waals surface area contributed by atoms with Crippen LogP contribution in [-0.4, -0.2) is 36.1 Å². The number of nitrogens with zero attached hydrogens (tertiary/aromatic N) is 3. The minimum Gasteiger partial charge on any atom is -0.297 e. The second-order valence-corrected chi connectivity index (χ2v) is 7.73. The van der Waals surface area contributed by atoms with E-state index in [1.54, 1.807) is 6.07 Å². The summed E-state index contributed by atoms with van der Waals surface area (Å²) in [6, 6.07) is 9.50. The van der Waals surface area contributed by atoms with Crippen molar-refractivity contribution in [2.75, 3.05) is 12.8 Å². The van der Waals surface area contributed by atoms with Gasteiger partial charge in [0, 0.05) is 31.5 Å². The normalized spacial score (nSPS) is 14.8. The summed E-state index contributed by atoms with van der Waals surface area (Å²) in [4.78, 5) is 20.6. The van der Waals surface area contributed by atoms with Gasteiger partial charge in [0.05, 0.1) is 17.3 Å². The van der Waals surface area contributed by atoms with E-state index in [1.165, 1.54) is 0 Å². The number of hydrogen-bond acceptors (Lipinski definition) is 6. The number of sulfone groups is 1. The zero-order valence-electron chi connectivity index (χ0n) is 13.1. The van der Waals surface area contributed by atoms with Gasteiger partial charge in [-0.1, -0.05) is 18.2 Å². The van der Waals surface area contributed by atoms with Crippen LogP contribution in [0.25, 0.3) is 0 Å². The van der Waals surface area contributed by atoms with Crippen molar-refractivity contribution in [3.63, 3.8) is 0 Å². The summed E-state index contributed by atoms with van der Waals surface area (Å²) in [5.74, 6) is 0. The highest BCUT2D eigenvalue weighted by molar-refractivity contribution is 7.90. The number of hydrogen-bond donors (Lipinski definition) is 1. The van der Waals surface area contributed by atoms with Crippen LogP contribution >= 0.6 is 0 Å². The maximum absolute atomic E-state index is 12.1. The molecule has 1 aliphatic heterocycles. The first kappa shape index (κ1) is 16.4. The molecule has 2 aromatic rings. The number of aromatic nitrogens is 2. The van der Waals surface area contributed by atoms with Gasteiger partial charge in [0.25, 0.3) is 5.56 Å². The first-order chi connectivity index (χ1) is 11.4. The Bertz CT molecular complexity index is 989. The molecule has 1 aromatic heterocycles. The van der Waals surface area contributed by atoms with Gasteiger partial charge in [-0.2, -0.15) is 5.26 Å². The monoisotopic (exact) mass is 344 g/mol. The average molecular weight is 344 g/mol. The Hall–Kier alpha value is -2.50. The number of nitrogens with one attached hydrogen (secondary N) is 1. The van der Waals surface area contributed by atoms with Crippen LogP contribution in [0, 0.1) is 11.3 Å². The lowest BCUT2D eigenvalue weighted by atomic mass is 10.0. The highest BCUT2D eigenvalue weighted by Gasteiger charge is 2.23. The highest BCUT2D eigenvalue weighted by atomic mass is 32.2. The maximum atomic E-state index is 12.1. The lowest BCUT2D eigenvalue weighted by Gasteiger charge is -2.27. The van der Waals surface area contributed by atoms with Crippen LogP contribution in [0.2, 0.25) is 0 Å². The molecule has 0 atom stereocenters. The third-order valence-electron chi connectivity index (χ3n) is 4.01. The molecule has 0 radical (unpaired) electrons. The van der Waals surface area contributed by atoms with E-state index in [2.05, 4.69) is 20.9 Å². The van der Waals surface area contributed by atoms with Crippen molar-refractivity contribution in [3.8, 4) is 6.07 Å². The second-order valence-electron chi connectivity index (χ2n) is 5.80. The van der Waals surface area contributed by atoms with Crippen LogP contribution in [0.4, 0.5) is 0 Å². The van der Waals surface area contributed by atoms with Gasteiger partial charge in [-0.3, -0.25) is 14.7 Å². The summed E-state index contributed by atoms with van der Waals surface area (Å²) in [7, 11) is -3.57. The lowest BCUT2D eigenvalue weighted by molar-refractivity contribution is 0.239. The first-order valence-electron chi connectivity index (χ1n) is 7.41. The second kappa shape index (κ2) is 6.19. The number of rotatable bonds is 3. The first-order valence-corrected chi connectivity index (χ1v) is 9.30. The molecule has 0 aliphatic carbocycles. The molecule has 7 nitrogen and oxygen atoms in total. The summed E-state index contributed by atoms with van der Waals surface area (Å²) in [6.45, 7) is 1.57. The van der Waals surface area contributed by atoms with E-state index in [9.17, 15) is 18.5 Å². The van der Waals surface area contributed by atoms with Gasteiger partial charge in [0.2, 0.25) is 15.0 Å². The van der Waals surface area contributed by atoms with Crippen molar-refractivity contribution in [1.82, 2.24) is 14.9 Å². The van der Waals surface area contributed by atoms with Crippen molar-refractivity contribution < 1.29 is 8.42 Å². The van der Waals surface area contributed by atoms with E-state index in [4.69, 9.17) is 0 Å². The maximum Gasteiger partial charge on any atom is 0.255 e. The fourth-order valence-corrected chi connectivity index (χ4v) is 3.34. The number of nitriles is 1. The third-order valence-corrected chi connectivity index (χ3v) is 4.91. The molecular weight excluding hydrogens is 328 g/mol. The lowest BCUT2D eigenvalue weighted by Crippen LogP contribution is -2.35. The molecule has 1 aliphatic rings. The van der Waals surface area contributed by atoms with E-state index < -0.39 is 15.4 Å². The van der Waals surface area contributed by atoms with E-state index in [0.29, 0.717) is 42.9 Å². The molecule has 0 bridgehead atoms. The molecule has 2 heterocycles. The number of benzene rings is 1. The minimum absolute atomic E-state index is 0.300. The van der Waals surface area contributed by atoms with E-state index in [-0.39, 0.29) is 5.16 Å². The largest absolute Gasteiger partial charge is 0.297 e. The predicted octanol–water partition coefficient (Wildman–Crippen LogP) is 0.603. The molecule has 1 aromatic carbocycles. The number of fused-ring (bicyclic) bond motifs is 1. The molecule has 0 spiro atoms. The minimum atomic E-state index is -3.57. The molecule has 0 amide bonds. The van der Waals surface area contributed by atoms with Crippen LogP contribution in [0.1, 0.15) is 22.4 Å². The quantitative estimate of drug-likeness (QED) is 0.817. The molecule has 0 saturated carbocycles. The molecule has 124 valence electrons. The number of H-pyrrole nitrogens is 1. The zero-order valence-corrected chi connectivity index (χ0v) is 13.9. The van der Waals surface area contributed by atoms with Gasteiger partial charge in [-0.05, 0) is 18.1 Å². The van der Waals surface area contributed by atoms with Crippen LogP contribution < -0.4 is 5.56 Å². The molecule has 0 unspecified atom stereocenters. The van der Waals surface area contributed by atoms with Gasteiger partial charge in [0.15, 0.2) is 0 Å². The van der Waals surface area contributed by atoms with Crippen LogP contribution in [0.3, 0.4) is 0 Å². The summed E-state index contributed by atoms with van der Waals surface area (Å²) >= 11 is 0. The molecule has 0 saturated heterocycles. The Morgan fingerprint density at radius 1 is 1.38 bits per heavy atom. The molecule has 0 fully saturated rings. The summed E-state index contributed by atoms with van der Waals surface area (Å²) in [6.07, 6.45) is 1.51. The van der Waals surface area contributed by atoms with Crippen molar-refractivity contribution in [1.29, 1.82) is 5.26 Å².